The topological polar surface area (TPSA) is 60.9 Å². The fourth-order valence-corrected chi connectivity index (χ4v) is 7.87. The van der Waals surface area contributed by atoms with E-state index in [0.717, 1.165) is 22.4 Å². The normalized spacial score (nSPS) is 20.5. The van der Waals surface area contributed by atoms with Crippen molar-refractivity contribution in [3.05, 3.63) is 93.2 Å². The maximum Gasteiger partial charge on any atom is 0.243 e. The number of rotatable bonds is 5. The molecule has 0 N–H and O–H groups in total. The number of aryl methyl sites for hydroxylation is 2. The van der Waals surface area contributed by atoms with Gasteiger partial charge in [-0.25, -0.2) is 12.8 Å². The van der Waals surface area contributed by atoms with Crippen molar-refractivity contribution in [1.29, 1.82) is 0 Å². The molecule has 212 valence electrons. The van der Waals surface area contributed by atoms with Gasteiger partial charge in [-0.1, -0.05) is 41.4 Å². The van der Waals surface area contributed by atoms with E-state index in [2.05, 4.69) is 4.90 Å². The highest BCUT2D eigenvalue weighted by molar-refractivity contribution is 7.89. The number of hydrogen-bond donors (Lipinski definition) is 0. The molecule has 0 unspecified atom stereocenters. The van der Waals surface area contributed by atoms with Crippen LogP contribution < -0.4 is 4.90 Å². The van der Waals surface area contributed by atoms with Crippen molar-refractivity contribution in [2.24, 2.45) is 5.92 Å². The molecule has 0 aliphatic carbocycles. The molecule has 2 saturated heterocycles. The van der Waals surface area contributed by atoms with Crippen molar-refractivity contribution < 1.29 is 17.6 Å². The van der Waals surface area contributed by atoms with Gasteiger partial charge >= 0.3 is 0 Å². The Morgan fingerprint density at radius 3 is 2.30 bits per heavy atom. The third-order valence-electron chi connectivity index (χ3n) is 8.06. The summed E-state index contributed by atoms with van der Waals surface area (Å²) in [5, 5.41) is 0.998. The summed E-state index contributed by atoms with van der Waals surface area (Å²) in [6.07, 6.45) is 0.449. The minimum atomic E-state index is -3.86. The number of carbonyl (C=O) groups is 1. The number of amides is 1. The standard InChI is InChI=1S/C30H32Cl2FN3O3S/c1-20-6-7-23(32)18-29(20)34-12-14-35(15-13-34)30(37)28-19-36(40(38,39)25-5-3-4-22(31)17-25)11-10-27(28)26-9-8-24(33)16-21(26)2/h3-9,16-18,27-28H,10-15,19H2,1-2H3/t27-,28-/m0/s1. The van der Waals surface area contributed by atoms with E-state index in [-0.39, 0.29) is 35.6 Å². The van der Waals surface area contributed by atoms with Gasteiger partial charge in [0.25, 0.3) is 0 Å². The van der Waals surface area contributed by atoms with Gasteiger partial charge < -0.3 is 9.80 Å². The van der Waals surface area contributed by atoms with E-state index in [9.17, 15) is 17.6 Å². The molecule has 2 fully saturated rings. The third-order valence-corrected chi connectivity index (χ3v) is 10.4. The maximum absolute atomic E-state index is 14.1. The van der Waals surface area contributed by atoms with Crippen molar-refractivity contribution in [3.8, 4) is 0 Å². The predicted octanol–water partition coefficient (Wildman–Crippen LogP) is 5.89. The number of piperidine rings is 1. The summed E-state index contributed by atoms with van der Waals surface area (Å²) in [7, 11) is -3.86. The SMILES string of the molecule is Cc1cc(F)ccc1[C@@H]1CCN(S(=O)(=O)c2cccc(Cl)c2)C[C@@H]1C(=O)N1CCN(c2cc(Cl)ccc2C)CC1. The van der Waals surface area contributed by atoms with Gasteiger partial charge in [0, 0.05) is 55.0 Å². The lowest BCUT2D eigenvalue weighted by Crippen LogP contribution is -2.54. The summed E-state index contributed by atoms with van der Waals surface area (Å²) in [4.78, 5) is 18.3. The first-order chi connectivity index (χ1) is 19.0. The highest BCUT2D eigenvalue weighted by atomic mass is 35.5. The smallest absolute Gasteiger partial charge is 0.243 e. The van der Waals surface area contributed by atoms with Crippen molar-refractivity contribution in [2.45, 2.75) is 31.1 Å². The Kier molecular flexibility index (Phi) is 8.43. The number of nitrogens with zero attached hydrogens (tertiary/aromatic N) is 3. The second-order valence-corrected chi connectivity index (χ2v) is 13.4. The lowest BCUT2D eigenvalue weighted by atomic mass is 9.78. The largest absolute Gasteiger partial charge is 0.368 e. The van der Waals surface area contributed by atoms with Crippen LogP contribution in [0, 0.1) is 25.6 Å². The number of sulfonamides is 1. The molecule has 3 aromatic rings. The molecule has 2 atom stereocenters. The van der Waals surface area contributed by atoms with Gasteiger partial charge in [0.1, 0.15) is 5.82 Å². The second kappa shape index (κ2) is 11.7. The molecule has 2 heterocycles. The van der Waals surface area contributed by atoms with E-state index in [4.69, 9.17) is 23.2 Å². The third kappa shape index (κ3) is 5.86. The van der Waals surface area contributed by atoms with Crippen molar-refractivity contribution in [2.75, 3.05) is 44.2 Å². The monoisotopic (exact) mass is 603 g/mol. The summed E-state index contributed by atoms with van der Waals surface area (Å²) in [5.41, 5.74) is 3.81. The number of anilines is 1. The van der Waals surface area contributed by atoms with Gasteiger partial charge in [0.2, 0.25) is 15.9 Å². The van der Waals surface area contributed by atoms with Gasteiger partial charge in [-0.2, -0.15) is 4.31 Å². The van der Waals surface area contributed by atoms with E-state index in [1.54, 1.807) is 18.2 Å². The Hall–Kier alpha value is -2.65. The molecule has 6 nitrogen and oxygen atoms in total. The quantitative estimate of drug-likeness (QED) is 0.365. The van der Waals surface area contributed by atoms with Gasteiger partial charge in [-0.05, 0) is 85.3 Å². The van der Waals surface area contributed by atoms with Crippen LogP contribution in [0.5, 0.6) is 0 Å². The minimum Gasteiger partial charge on any atom is -0.368 e. The minimum absolute atomic E-state index is 0.0444. The molecule has 5 rings (SSSR count). The van der Waals surface area contributed by atoms with Gasteiger partial charge in [-0.15, -0.1) is 0 Å². The molecule has 0 aromatic heterocycles. The Bertz CT molecular complexity index is 1530. The van der Waals surface area contributed by atoms with Crippen LogP contribution in [0.3, 0.4) is 0 Å². The molecule has 2 aliphatic heterocycles. The lowest BCUT2D eigenvalue weighted by Gasteiger charge is -2.42. The highest BCUT2D eigenvalue weighted by Gasteiger charge is 2.42. The first-order valence-electron chi connectivity index (χ1n) is 13.4. The molecule has 10 heteroatoms. The highest BCUT2D eigenvalue weighted by Crippen LogP contribution is 2.38. The zero-order valence-corrected chi connectivity index (χ0v) is 24.8. The van der Waals surface area contributed by atoms with Crippen LogP contribution in [0.25, 0.3) is 0 Å². The Labute approximate surface area is 245 Å². The number of piperazine rings is 1. The van der Waals surface area contributed by atoms with E-state index < -0.39 is 15.9 Å². The van der Waals surface area contributed by atoms with E-state index >= 15 is 0 Å². The van der Waals surface area contributed by atoms with E-state index in [0.29, 0.717) is 42.6 Å². The zero-order valence-electron chi connectivity index (χ0n) is 22.5. The van der Waals surface area contributed by atoms with Crippen molar-refractivity contribution >= 4 is 44.8 Å². The summed E-state index contributed by atoms with van der Waals surface area (Å²) in [5.74, 6) is -1.25. The molecule has 2 aliphatic rings. The summed E-state index contributed by atoms with van der Waals surface area (Å²) < 4.78 is 42.5. The first kappa shape index (κ1) is 28.9. The number of hydrogen-bond acceptors (Lipinski definition) is 4. The average molecular weight is 605 g/mol. The summed E-state index contributed by atoms with van der Waals surface area (Å²) >= 11 is 12.3. The molecule has 0 saturated carbocycles. The van der Waals surface area contributed by atoms with Crippen LogP contribution in [-0.2, 0) is 14.8 Å². The molecular weight excluding hydrogens is 572 g/mol. The summed E-state index contributed by atoms with van der Waals surface area (Å²) in [6, 6.07) is 16.6. The molecule has 0 bridgehead atoms. The van der Waals surface area contributed by atoms with E-state index in [1.165, 1.54) is 28.6 Å². The molecule has 1 amide bonds. The van der Waals surface area contributed by atoms with Crippen LogP contribution in [0.2, 0.25) is 10.0 Å². The van der Waals surface area contributed by atoms with Crippen LogP contribution in [0.15, 0.2) is 65.6 Å². The van der Waals surface area contributed by atoms with Crippen LogP contribution in [0.4, 0.5) is 10.1 Å². The number of benzene rings is 3. The van der Waals surface area contributed by atoms with E-state index in [1.807, 2.05) is 36.9 Å². The zero-order chi connectivity index (χ0) is 28.6. The second-order valence-electron chi connectivity index (χ2n) is 10.6. The molecule has 0 radical (unpaired) electrons. The van der Waals surface area contributed by atoms with Gasteiger partial charge in [-0.3, -0.25) is 4.79 Å². The Morgan fingerprint density at radius 2 is 1.60 bits per heavy atom. The maximum atomic E-state index is 14.1. The molecule has 3 aromatic carbocycles. The van der Waals surface area contributed by atoms with Crippen LogP contribution in [-0.4, -0.2) is 62.8 Å². The Morgan fingerprint density at radius 1 is 0.875 bits per heavy atom. The lowest BCUT2D eigenvalue weighted by molar-refractivity contribution is -0.137. The fourth-order valence-electron chi connectivity index (χ4n) is 5.92. The van der Waals surface area contributed by atoms with Crippen molar-refractivity contribution in [1.82, 2.24) is 9.21 Å². The van der Waals surface area contributed by atoms with Crippen LogP contribution in [0.1, 0.15) is 29.0 Å². The Balaban J connectivity index is 1.40. The first-order valence-corrected chi connectivity index (χ1v) is 15.6. The van der Waals surface area contributed by atoms with Crippen molar-refractivity contribution in [3.63, 3.8) is 0 Å². The number of halogens is 3. The molecule has 40 heavy (non-hydrogen) atoms. The molecule has 0 spiro atoms. The van der Waals surface area contributed by atoms with Gasteiger partial charge in [0.05, 0.1) is 10.8 Å². The average Bonchev–Trinajstić information content (AvgIpc) is 2.94. The predicted molar refractivity (Wildman–Crippen MR) is 157 cm³/mol. The van der Waals surface area contributed by atoms with Gasteiger partial charge in [0.15, 0.2) is 0 Å². The summed E-state index contributed by atoms with van der Waals surface area (Å²) in [6.45, 7) is 6.48. The fraction of sp³-hybridized carbons (Fsp3) is 0.367. The number of carbonyl (C=O) groups excluding carboxylic acids is 1. The molecular formula is C30H32Cl2FN3O3S. The van der Waals surface area contributed by atoms with Crippen LogP contribution >= 0.6 is 23.2 Å².